The molecule has 0 bridgehead atoms. The van der Waals surface area contributed by atoms with Gasteiger partial charge >= 0.3 is 0 Å². The number of aromatic nitrogens is 2. The van der Waals surface area contributed by atoms with Gasteiger partial charge in [0.25, 0.3) is 0 Å². The highest BCUT2D eigenvalue weighted by Gasteiger charge is 2.19. The average Bonchev–Trinajstić information content (AvgIpc) is 2.71. The first-order valence-corrected chi connectivity index (χ1v) is 4.97. The van der Waals surface area contributed by atoms with Gasteiger partial charge in [0.05, 0.1) is 11.4 Å². The van der Waals surface area contributed by atoms with Crippen LogP contribution in [0.3, 0.4) is 0 Å². The minimum Gasteiger partial charge on any atom is -0.268 e. The van der Waals surface area contributed by atoms with Crippen molar-refractivity contribution in [3.05, 3.63) is 24.0 Å². The van der Waals surface area contributed by atoms with Gasteiger partial charge in [0.15, 0.2) is 0 Å². The van der Waals surface area contributed by atoms with E-state index in [0.717, 1.165) is 5.69 Å². The normalized spacial score (nSPS) is 17.9. The Morgan fingerprint density at radius 3 is 2.77 bits per heavy atom. The van der Waals surface area contributed by atoms with Crippen LogP contribution in [0, 0.1) is 0 Å². The molecule has 1 aliphatic carbocycles. The van der Waals surface area contributed by atoms with Gasteiger partial charge in [-0.25, -0.2) is 0 Å². The monoisotopic (exact) mass is 176 g/mol. The van der Waals surface area contributed by atoms with Crippen LogP contribution >= 0.6 is 0 Å². The fourth-order valence-electron chi connectivity index (χ4n) is 2.12. The molecule has 13 heavy (non-hydrogen) atoms. The molecule has 1 aromatic heterocycles. The molecule has 0 unspecified atom stereocenters. The maximum atomic E-state index is 4.51. The molecular formula is C11H16N2. The molecule has 1 heterocycles. The molecule has 2 heteroatoms. The molecule has 0 radical (unpaired) electrons. The van der Waals surface area contributed by atoms with Gasteiger partial charge in [-0.2, -0.15) is 5.10 Å². The first-order valence-electron chi connectivity index (χ1n) is 4.97. The first kappa shape index (κ1) is 8.54. The number of nitrogens with zero attached hydrogens (tertiary/aromatic N) is 2. The zero-order valence-electron chi connectivity index (χ0n) is 8.16. The van der Waals surface area contributed by atoms with E-state index in [1.165, 1.54) is 31.4 Å². The molecule has 0 N–H and O–H groups in total. The van der Waals surface area contributed by atoms with Crippen molar-refractivity contribution < 1.29 is 0 Å². The lowest BCUT2D eigenvalue weighted by Gasteiger charge is -2.02. The van der Waals surface area contributed by atoms with Crippen molar-refractivity contribution in [2.45, 2.75) is 31.6 Å². The molecule has 1 aromatic rings. The fraction of sp³-hybridized carbons (Fsp3) is 0.545. The van der Waals surface area contributed by atoms with Crippen molar-refractivity contribution in [2.75, 3.05) is 0 Å². The van der Waals surface area contributed by atoms with Gasteiger partial charge in [-0.1, -0.05) is 19.4 Å². The zero-order valence-corrected chi connectivity index (χ0v) is 8.16. The third-order valence-corrected chi connectivity index (χ3v) is 2.92. The van der Waals surface area contributed by atoms with Crippen LogP contribution < -0.4 is 0 Å². The molecule has 0 spiro atoms. The van der Waals surface area contributed by atoms with Gasteiger partial charge in [0.2, 0.25) is 0 Å². The van der Waals surface area contributed by atoms with Crippen LogP contribution in [0.5, 0.6) is 0 Å². The van der Waals surface area contributed by atoms with Gasteiger partial charge in [-0.3, -0.25) is 4.68 Å². The molecule has 0 aliphatic heterocycles. The Morgan fingerprint density at radius 1 is 1.54 bits per heavy atom. The number of aryl methyl sites for hydroxylation is 1. The predicted molar refractivity (Wildman–Crippen MR) is 54.5 cm³/mol. The van der Waals surface area contributed by atoms with Gasteiger partial charge in [0.1, 0.15) is 0 Å². The van der Waals surface area contributed by atoms with E-state index in [4.69, 9.17) is 0 Å². The summed E-state index contributed by atoms with van der Waals surface area (Å²) in [6.07, 6.45) is 7.22. The second kappa shape index (κ2) is 3.36. The van der Waals surface area contributed by atoms with Crippen LogP contribution in [-0.2, 0) is 7.05 Å². The highest BCUT2D eigenvalue weighted by molar-refractivity contribution is 5.43. The van der Waals surface area contributed by atoms with Crippen LogP contribution in [0.2, 0.25) is 0 Å². The summed E-state index contributed by atoms with van der Waals surface area (Å²) in [5, 5.41) is 4.51. The lowest BCUT2D eigenvalue weighted by atomic mass is 10.0. The maximum absolute atomic E-state index is 4.51. The van der Waals surface area contributed by atoms with Crippen LogP contribution in [-0.4, -0.2) is 9.78 Å². The molecule has 2 nitrogen and oxygen atoms in total. The Labute approximate surface area is 79.3 Å². The minimum atomic E-state index is 0.708. The summed E-state index contributed by atoms with van der Waals surface area (Å²) in [7, 11) is 1.98. The number of hydrogen-bond donors (Lipinski definition) is 0. The summed E-state index contributed by atoms with van der Waals surface area (Å²) in [4.78, 5) is 0. The lowest BCUT2D eigenvalue weighted by Crippen LogP contribution is -1.96. The van der Waals surface area contributed by atoms with Gasteiger partial charge in [-0.05, 0) is 25.0 Å². The van der Waals surface area contributed by atoms with Crippen LogP contribution in [0.4, 0.5) is 0 Å². The summed E-state index contributed by atoms with van der Waals surface area (Å²) in [5.41, 5.74) is 2.39. The Hall–Kier alpha value is -1.05. The van der Waals surface area contributed by atoms with E-state index in [9.17, 15) is 0 Å². The quantitative estimate of drug-likeness (QED) is 0.677. The molecule has 1 aliphatic rings. The molecule has 0 aromatic carbocycles. The van der Waals surface area contributed by atoms with E-state index in [1.54, 1.807) is 0 Å². The largest absolute Gasteiger partial charge is 0.268 e. The van der Waals surface area contributed by atoms with Gasteiger partial charge in [-0.15, -0.1) is 0 Å². The van der Waals surface area contributed by atoms with Crippen LogP contribution in [0.1, 0.15) is 43.0 Å². The van der Waals surface area contributed by atoms with Crippen molar-refractivity contribution in [3.8, 4) is 0 Å². The third kappa shape index (κ3) is 1.53. The molecule has 1 fully saturated rings. The molecule has 2 rings (SSSR count). The van der Waals surface area contributed by atoms with Gasteiger partial charge < -0.3 is 0 Å². The van der Waals surface area contributed by atoms with E-state index < -0.39 is 0 Å². The average molecular weight is 176 g/mol. The Morgan fingerprint density at radius 2 is 2.23 bits per heavy atom. The second-order valence-corrected chi connectivity index (χ2v) is 3.80. The maximum Gasteiger partial charge on any atom is 0.0661 e. The van der Waals surface area contributed by atoms with E-state index in [-0.39, 0.29) is 0 Å². The summed E-state index contributed by atoms with van der Waals surface area (Å²) in [5.74, 6) is 0.708. The van der Waals surface area contributed by atoms with Crippen molar-refractivity contribution >= 4 is 6.08 Å². The molecule has 0 saturated heterocycles. The van der Waals surface area contributed by atoms with Crippen LogP contribution in [0.25, 0.3) is 6.08 Å². The molecule has 0 atom stereocenters. The van der Waals surface area contributed by atoms with Crippen molar-refractivity contribution in [2.24, 2.45) is 7.05 Å². The molecule has 1 saturated carbocycles. The molecule has 70 valence electrons. The van der Waals surface area contributed by atoms with Crippen LogP contribution in [0.15, 0.2) is 12.6 Å². The standard InChI is InChI=1S/C11H16N2/c1-3-10-8-11(12-13(10)2)9-6-4-5-7-9/h3,8-9H,1,4-7H2,2H3. The zero-order chi connectivity index (χ0) is 9.26. The highest BCUT2D eigenvalue weighted by Crippen LogP contribution is 2.33. The van der Waals surface area contributed by atoms with Crippen molar-refractivity contribution in [1.29, 1.82) is 0 Å². The summed E-state index contributed by atoms with van der Waals surface area (Å²) >= 11 is 0. The van der Waals surface area contributed by atoms with Crippen molar-refractivity contribution in [3.63, 3.8) is 0 Å². The number of rotatable bonds is 2. The first-order chi connectivity index (χ1) is 6.31. The summed E-state index contributed by atoms with van der Waals surface area (Å²) < 4.78 is 1.92. The lowest BCUT2D eigenvalue weighted by molar-refractivity contribution is 0.656. The Kier molecular flexibility index (Phi) is 2.21. The summed E-state index contributed by atoms with van der Waals surface area (Å²) in [6, 6.07) is 2.17. The smallest absolute Gasteiger partial charge is 0.0661 e. The third-order valence-electron chi connectivity index (χ3n) is 2.92. The van der Waals surface area contributed by atoms with Gasteiger partial charge in [0, 0.05) is 13.0 Å². The Balaban J connectivity index is 2.24. The SMILES string of the molecule is C=Cc1cc(C2CCCC2)nn1C. The topological polar surface area (TPSA) is 17.8 Å². The molecular weight excluding hydrogens is 160 g/mol. The Bertz CT molecular complexity index is 306. The number of hydrogen-bond acceptors (Lipinski definition) is 1. The highest BCUT2D eigenvalue weighted by atomic mass is 15.3. The second-order valence-electron chi connectivity index (χ2n) is 3.80. The van der Waals surface area contributed by atoms with E-state index in [1.807, 2.05) is 17.8 Å². The van der Waals surface area contributed by atoms with Crippen molar-refractivity contribution in [1.82, 2.24) is 9.78 Å². The van der Waals surface area contributed by atoms with E-state index >= 15 is 0 Å². The minimum absolute atomic E-state index is 0.708. The fourth-order valence-corrected chi connectivity index (χ4v) is 2.12. The summed E-state index contributed by atoms with van der Waals surface area (Å²) in [6.45, 7) is 3.77. The molecule has 0 amide bonds. The van der Waals surface area contributed by atoms with E-state index in [2.05, 4.69) is 17.7 Å². The van der Waals surface area contributed by atoms with E-state index in [0.29, 0.717) is 5.92 Å². The predicted octanol–water partition coefficient (Wildman–Crippen LogP) is 2.72.